The molecule has 0 aliphatic carbocycles. The first kappa shape index (κ1) is 12.2. The lowest BCUT2D eigenvalue weighted by molar-refractivity contribution is 0.594. The zero-order valence-corrected chi connectivity index (χ0v) is 10.3. The maximum atomic E-state index is 13.7. The molecule has 0 fully saturated rings. The fraction of sp³-hybridized carbons (Fsp3) is 0.417. The van der Waals surface area contributed by atoms with E-state index in [0.717, 1.165) is 19.3 Å². The van der Waals surface area contributed by atoms with Crippen LogP contribution in [0.15, 0.2) is 16.6 Å². The molecule has 0 saturated carbocycles. The lowest BCUT2D eigenvalue weighted by Gasteiger charge is -2.05. The Kier molecular flexibility index (Phi) is 4.77. The molecule has 0 saturated heterocycles. The van der Waals surface area contributed by atoms with E-state index in [4.69, 9.17) is 5.26 Å². The van der Waals surface area contributed by atoms with Crippen molar-refractivity contribution in [2.45, 2.75) is 32.6 Å². The van der Waals surface area contributed by atoms with Gasteiger partial charge in [-0.25, -0.2) is 4.39 Å². The second-order valence-corrected chi connectivity index (χ2v) is 4.32. The summed E-state index contributed by atoms with van der Waals surface area (Å²) < 4.78 is 14.2. The first-order valence-electron chi connectivity index (χ1n) is 5.07. The van der Waals surface area contributed by atoms with E-state index in [-0.39, 0.29) is 11.4 Å². The van der Waals surface area contributed by atoms with Gasteiger partial charge in [0.2, 0.25) is 0 Å². The molecular formula is C12H13BrFN. The van der Waals surface area contributed by atoms with Crippen LogP contribution in [0.2, 0.25) is 0 Å². The predicted molar refractivity (Wildman–Crippen MR) is 62.0 cm³/mol. The van der Waals surface area contributed by atoms with E-state index < -0.39 is 0 Å². The number of benzene rings is 1. The summed E-state index contributed by atoms with van der Waals surface area (Å²) in [7, 11) is 0. The smallest absolute Gasteiger partial charge is 0.145 e. The van der Waals surface area contributed by atoms with E-state index in [1.54, 1.807) is 12.1 Å². The highest BCUT2D eigenvalue weighted by Crippen LogP contribution is 2.23. The van der Waals surface area contributed by atoms with Crippen LogP contribution in [0.3, 0.4) is 0 Å². The number of hydrogen-bond acceptors (Lipinski definition) is 1. The van der Waals surface area contributed by atoms with Crippen LogP contribution >= 0.6 is 15.9 Å². The van der Waals surface area contributed by atoms with E-state index in [2.05, 4.69) is 22.9 Å². The minimum Gasteiger partial charge on any atom is -0.205 e. The van der Waals surface area contributed by atoms with Crippen LogP contribution in [-0.2, 0) is 6.42 Å². The van der Waals surface area contributed by atoms with Crippen LogP contribution in [0.25, 0.3) is 0 Å². The molecule has 1 aromatic rings. The van der Waals surface area contributed by atoms with Crippen molar-refractivity contribution in [2.24, 2.45) is 0 Å². The van der Waals surface area contributed by atoms with Crippen LogP contribution in [0, 0.1) is 17.1 Å². The molecule has 3 heteroatoms. The number of nitrogens with zero attached hydrogens (tertiary/aromatic N) is 1. The molecule has 0 aromatic heterocycles. The Morgan fingerprint density at radius 1 is 1.40 bits per heavy atom. The standard InChI is InChI=1S/C12H13BrFN/c1-2-3-4-5-9-6-7-11(13)10(8-15)12(9)14/h6-7H,2-5H2,1H3. The van der Waals surface area contributed by atoms with Crippen molar-refractivity contribution in [1.82, 2.24) is 0 Å². The molecule has 1 aromatic carbocycles. The molecule has 1 rings (SSSR count). The summed E-state index contributed by atoms with van der Waals surface area (Å²) in [5.41, 5.74) is 0.757. The second kappa shape index (κ2) is 5.87. The Morgan fingerprint density at radius 3 is 2.73 bits per heavy atom. The van der Waals surface area contributed by atoms with Crippen molar-refractivity contribution in [3.8, 4) is 6.07 Å². The van der Waals surface area contributed by atoms with Gasteiger partial charge in [0.05, 0.1) is 0 Å². The Balaban J connectivity index is 2.87. The minimum atomic E-state index is -0.372. The molecule has 0 heterocycles. The summed E-state index contributed by atoms with van der Waals surface area (Å²) in [6, 6.07) is 5.36. The van der Waals surface area contributed by atoms with E-state index in [1.165, 1.54) is 0 Å². The molecule has 0 atom stereocenters. The van der Waals surface area contributed by atoms with Crippen LogP contribution in [0.4, 0.5) is 4.39 Å². The summed E-state index contributed by atoms with van der Waals surface area (Å²) >= 11 is 3.16. The van der Waals surface area contributed by atoms with Gasteiger partial charge in [0.1, 0.15) is 17.4 Å². The van der Waals surface area contributed by atoms with Crippen LogP contribution in [0.5, 0.6) is 0 Å². The van der Waals surface area contributed by atoms with E-state index in [1.807, 2.05) is 6.07 Å². The maximum Gasteiger partial charge on any atom is 0.145 e. The minimum absolute atomic E-state index is 0.115. The quantitative estimate of drug-likeness (QED) is 0.752. The van der Waals surface area contributed by atoms with Gasteiger partial charge in [-0.2, -0.15) is 5.26 Å². The molecular weight excluding hydrogens is 257 g/mol. The number of rotatable bonds is 4. The lowest BCUT2D eigenvalue weighted by atomic mass is 10.0. The summed E-state index contributed by atoms with van der Waals surface area (Å²) in [5.74, 6) is -0.372. The highest BCUT2D eigenvalue weighted by atomic mass is 79.9. The SMILES string of the molecule is CCCCCc1ccc(Br)c(C#N)c1F. The summed E-state index contributed by atoms with van der Waals surface area (Å²) in [5, 5.41) is 8.78. The first-order chi connectivity index (χ1) is 7.20. The van der Waals surface area contributed by atoms with Gasteiger partial charge in [-0.3, -0.25) is 0 Å². The molecule has 0 radical (unpaired) electrons. The van der Waals surface area contributed by atoms with Crippen LogP contribution < -0.4 is 0 Å². The van der Waals surface area contributed by atoms with E-state index in [0.29, 0.717) is 16.5 Å². The third-order valence-electron chi connectivity index (χ3n) is 2.33. The van der Waals surface area contributed by atoms with Crippen LogP contribution in [0.1, 0.15) is 37.3 Å². The van der Waals surface area contributed by atoms with Crippen molar-refractivity contribution in [3.63, 3.8) is 0 Å². The third kappa shape index (κ3) is 3.04. The van der Waals surface area contributed by atoms with E-state index >= 15 is 0 Å². The van der Waals surface area contributed by atoms with Gasteiger partial charge in [-0.1, -0.05) is 25.8 Å². The van der Waals surface area contributed by atoms with Crippen LogP contribution in [-0.4, -0.2) is 0 Å². The van der Waals surface area contributed by atoms with Gasteiger partial charge < -0.3 is 0 Å². The Bertz CT molecular complexity index is 382. The first-order valence-corrected chi connectivity index (χ1v) is 5.87. The fourth-order valence-electron chi connectivity index (χ4n) is 1.46. The van der Waals surface area contributed by atoms with Gasteiger partial charge in [-0.15, -0.1) is 0 Å². The molecule has 0 bridgehead atoms. The number of nitriles is 1. The van der Waals surface area contributed by atoms with Gasteiger partial charge >= 0.3 is 0 Å². The summed E-state index contributed by atoms with van der Waals surface area (Å²) in [4.78, 5) is 0. The highest BCUT2D eigenvalue weighted by Gasteiger charge is 2.10. The van der Waals surface area contributed by atoms with Crippen molar-refractivity contribution in [1.29, 1.82) is 5.26 Å². The molecule has 0 amide bonds. The molecule has 1 nitrogen and oxygen atoms in total. The van der Waals surface area contributed by atoms with Gasteiger partial charge in [-0.05, 0) is 40.4 Å². The number of hydrogen-bond donors (Lipinski definition) is 0. The number of halogens is 2. The predicted octanol–water partition coefficient (Wildman–Crippen LogP) is 4.19. The molecule has 0 spiro atoms. The zero-order chi connectivity index (χ0) is 11.3. The van der Waals surface area contributed by atoms with Crippen molar-refractivity contribution < 1.29 is 4.39 Å². The lowest BCUT2D eigenvalue weighted by Crippen LogP contribution is -1.95. The number of aryl methyl sites for hydroxylation is 1. The summed E-state index contributed by atoms with van der Waals surface area (Å²) in [6.07, 6.45) is 3.89. The average Bonchev–Trinajstić information content (AvgIpc) is 2.22. The monoisotopic (exact) mass is 269 g/mol. The summed E-state index contributed by atoms with van der Waals surface area (Å²) in [6.45, 7) is 2.11. The molecule has 80 valence electrons. The Morgan fingerprint density at radius 2 is 2.13 bits per heavy atom. The maximum absolute atomic E-state index is 13.7. The zero-order valence-electron chi connectivity index (χ0n) is 8.69. The Labute approximate surface area is 98.0 Å². The number of unbranched alkanes of at least 4 members (excludes halogenated alkanes) is 2. The second-order valence-electron chi connectivity index (χ2n) is 3.46. The van der Waals surface area contributed by atoms with Crippen molar-refractivity contribution >= 4 is 15.9 Å². The third-order valence-corrected chi connectivity index (χ3v) is 2.99. The molecule has 0 aliphatic heterocycles. The average molecular weight is 270 g/mol. The topological polar surface area (TPSA) is 23.8 Å². The highest BCUT2D eigenvalue weighted by molar-refractivity contribution is 9.10. The molecule has 0 aliphatic rings. The Hall–Kier alpha value is -0.880. The molecule has 0 N–H and O–H groups in total. The largest absolute Gasteiger partial charge is 0.205 e. The van der Waals surface area contributed by atoms with E-state index in [9.17, 15) is 4.39 Å². The van der Waals surface area contributed by atoms with Gasteiger partial charge in [0.15, 0.2) is 0 Å². The van der Waals surface area contributed by atoms with Crippen molar-refractivity contribution in [3.05, 3.63) is 33.5 Å². The van der Waals surface area contributed by atoms with Crippen molar-refractivity contribution in [2.75, 3.05) is 0 Å². The normalized spacial score (nSPS) is 10.0. The molecule has 0 unspecified atom stereocenters. The fourth-order valence-corrected chi connectivity index (χ4v) is 1.85. The van der Waals surface area contributed by atoms with Gasteiger partial charge in [0.25, 0.3) is 0 Å². The van der Waals surface area contributed by atoms with Gasteiger partial charge in [0, 0.05) is 4.47 Å². The molecule has 15 heavy (non-hydrogen) atoms.